The van der Waals surface area contributed by atoms with Gasteiger partial charge in [0.2, 0.25) is 0 Å². The lowest BCUT2D eigenvalue weighted by atomic mass is 10.1. The van der Waals surface area contributed by atoms with E-state index in [1.165, 1.54) is 0 Å². The number of piperazine rings is 1. The number of hydrogen-bond donors (Lipinski definition) is 0. The van der Waals surface area contributed by atoms with Gasteiger partial charge in [-0.15, -0.1) is 0 Å². The molecule has 26 heavy (non-hydrogen) atoms. The van der Waals surface area contributed by atoms with Gasteiger partial charge in [-0.25, -0.2) is 0 Å². The van der Waals surface area contributed by atoms with Gasteiger partial charge in [-0.1, -0.05) is 17.7 Å². The minimum atomic E-state index is 0.00780. The fourth-order valence-corrected chi connectivity index (χ4v) is 3.41. The summed E-state index contributed by atoms with van der Waals surface area (Å²) in [6.45, 7) is 4.91. The molecule has 0 radical (unpaired) electrons. The van der Waals surface area contributed by atoms with E-state index < -0.39 is 0 Å². The summed E-state index contributed by atoms with van der Waals surface area (Å²) in [7, 11) is 3.15. The van der Waals surface area contributed by atoms with Crippen LogP contribution in [0.5, 0.6) is 11.5 Å². The molecule has 0 unspecified atom stereocenters. The normalized spacial score (nSPS) is 14.3. The predicted octanol–water partition coefficient (Wildman–Crippen LogP) is 3.63. The van der Waals surface area contributed by atoms with Crippen LogP contribution in [-0.2, 0) is 0 Å². The average Bonchev–Trinajstić information content (AvgIpc) is 2.69. The highest BCUT2D eigenvalue weighted by Crippen LogP contribution is 2.29. The average molecular weight is 375 g/mol. The Morgan fingerprint density at radius 1 is 1.00 bits per heavy atom. The summed E-state index contributed by atoms with van der Waals surface area (Å²) in [5.41, 5.74) is 2.82. The number of methoxy groups -OCH3 is 2. The number of ether oxygens (including phenoxy) is 2. The van der Waals surface area contributed by atoms with Crippen molar-refractivity contribution in [2.24, 2.45) is 0 Å². The number of amides is 1. The second-order valence-electron chi connectivity index (χ2n) is 6.23. The van der Waals surface area contributed by atoms with Crippen molar-refractivity contribution >= 4 is 23.2 Å². The number of hydrogen-bond acceptors (Lipinski definition) is 4. The van der Waals surface area contributed by atoms with Gasteiger partial charge in [0.05, 0.1) is 14.2 Å². The monoisotopic (exact) mass is 374 g/mol. The van der Waals surface area contributed by atoms with E-state index in [2.05, 4.69) is 11.0 Å². The molecule has 138 valence electrons. The number of anilines is 1. The molecule has 0 atom stereocenters. The number of benzene rings is 2. The van der Waals surface area contributed by atoms with Crippen molar-refractivity contribution in [2.75, 3.05) is 45.3 Å². The maximum Gasteiger partial charge on any atom is 0.254 e. The first kappa shape index (κ1) is 18.4. The molecule has 0 aromatic heterocycles. The largest absolute Gasteiger partial charge is 0.493 e. The van der Waals surface area contributed by atoms with Crippen LogP contribution in [0, 0.1) is 6.92 Å². The molecule has 1 aliphatic heterocycles. The third-order valence-corrected chi connectivity index (χ3v) is 5.19. The molecule has 0 saturated carbocycles. The van der Waals surface area contributed by atoms with Crippen LogP contribution >= 0.6 is 11.6 Å². The van der Waals surface area contributed by atoms with Crippen molar-refractivity contribution < 1.29 is 14.3 Å². The fraction of sp³-hybridized carbons (Fsp3) is 0.350. The van der Waals surface area contributed by atoms with Crippen LogP contribution in [0.3, 0.4) is 0 Å². The predicted molar refractivity (Wildman–Crippen MR) is 104 cm³/mol. The van der Waals surface area contributed by atoms with E-state index in [-0.39, 0.29) is 5.91 Å². The lowest BCUT2D eigenvalue weighted by Crippen LogP contribution is -2.49. The highest BCUT2D eigenvalue weighted by atomic mass is 35.5. The maximum absolute atomic E-state index is 12.8. The van der Waals surface area contributed by atoms with Crippen LogP contribution in [0.2, 0.25) is 5.02 Å². The third-order valence-electron chi connectivity index (χ3n) is 4.78. The molecule has 3 rings (SSSR count). The molecule has 0 aliphatic carbocycles. The van der Waals surface area contributed by atoms with Crippen molar-refractivity contribution in [3.05, 3.63) is 52.5 Å². The van der Waals surface area contributed by atoms with Crippen molar-refractivity contribution in [1.29, 1.82) is 0 Å². The van der Waals surface area contributed by atoms with Gasteiger partial charge in [0, 0.05) is 42.5 Å². The van der Waals surface area contributed by atoms with Crippen molar-refractivity contribution in [3.8, 4) is 11.5 Å². The summed E-state index contributed by atoms with van der Waals surface area (Å²) >= 11 is 6.23. The molecule has 1 amide bonds. The number of carbonyl (C=O) groups is 1. The molecule has 2 aromatic carbocycles. The summed E-state index contributed by atoms with van der Waals surface area (Å²) in [5.74, 6) is 1.19. The molecule has 1 heterocycles. The molecular formula is C20H23ClN2O3. The maximum atomic E-state index is 12.8. The van der Waals surface area contributed by atoms with E-state index in [1.54, 1.807) is 32.4 Å². The number of carbonyl (C=O) groups excluding carboxylic acids is 1. The fourth-order valence-electron chi connectivity index (χ4n) is 3.24. The van der Waals surface area contributed by atoms with E-state index in [0.29, 0.717) is 30.2 Å². The van der Waals surface area contributed by atoms with Crippen molar-refractivity contribution in [3.63, 3.8) is 0 Å². The van der Waals surface area contributed by atoms with Crippen LogP contribution in [0.15, 0.2) is 36.4 Å². The number of nitrogens with zero attached hydrogens (tertiary/aromatic N) is 2. The molecule has 1 fully saturated rings. The summed E-state index contributed by atoms with van der Waals surface area (Å²) in [6.07, 6.45) is 0. The Labute approximate surface area is 159 Å². The number of halogens is 1. The lowest BCUT2D eigenvalue weighted by Gasteiger charge is -2.37. The highest BCUT2D eigenvalue weighted by molar-refractivity contribution is 6.31. The van der Waals surface area contributed by atoms with Crippen LogP contribution in [-0.4, -0.2) is 51.2 Å². The Kier molecular flexibility index (Phi) is 5.57. The Balaban J connectivity index is 1.70. The molecule has 1 aliphatic rings. The second kappa shape index (κ2) is 7.87. The molecule has 1 saturated heterocycles. The second-order valence-corrected chi connectivity index (χ2v) is 6.64. The minimum absolute atomic E-state index is 0.00780. The Morgan fingerprint density at radius 2 is 1.69 bits per heavy atom. The molecule has 5 nitrogen and oxygen atoms in total. The van der Waals surface area contributed by atoms with Crippen LogP contribution in [0.25, 0.3) is 0 Å². The minimum Gasteiger partial charge on any atom is -0.493 e. The first-order valence-electron chi connectivity index (χ1n) is 8.56. The van der Waals surface area contributed by atoms with Gasteiger partial charge in [0.25, 0.3) is 5.91 Å². The van der Waals surface area contributed by atoms with Gasteiger partial charge < -0.3 is 19.3 Å². The molecule has 0 bridgehead atoms. The van der Waals surface area contributed by atoms with Crippen molar-refractivity contribution in [1.82, 2.24) is 4.90 Å². The first-order chi connectivity index (χ1) is 12.5. The third kappa shape index (κ3) is 3.58. The van der Waals surface area contributed by atoms with E-state index in [0.717, 1.165) is 29.4 Å². The zero-order valence-electron chi connectivity index (χ0n) is 15.3. The quantitative estimate of drug-likeness (QED) is 0.819. The smallest absolute Gasteiger partial charge is 0.254 e. The molecule has 0 N–H and O–H groups in total. The Morgan fingerprint density at radius 3 is 2.35 bits per heavy atom. The van der Waals surface area contributed by atoms with Gasteiger partial charge in [0.1, 0.15) is 0 Å². The van der Waals surface area contributed by atoms with E-state index in [9.17, 15) is 4.79 Å². The van der Waals surface area contributed by atoms with Gasteiger partial charge in [-0.05, 0) is 42.8 Å². The SMILES string of the molecule is COc1ccc(C(=O)N2CCN(c3cccc(Cl)c3C)CC2)cc1OC. The van der Waals surface area contributed by atoms with Gasteiger partial charge in [0.15, 0.2) is 11.5 Å². The zero-order chi connectivity index (χ0) is 18.7. The Hall–Kier alpha value is -2.40. The first-order valence-corrected chi connectivity index (χ1v) is 8.94. The lowest BCUT2D eigenvalue weighted by molar-refractivity contribution is 0.0746. The molecule has 2 aromatic rings. The van der Waals surface area contributed by atoms with Crippen LogP contribution in [0.4, 0.5) is 5.69 Å². The Bertz CT molecular complexity index is 802. The summed E-state index contributed by atoms with van der Waals surface area (Å²) in [6, 6.07) is 11.2. The molecule has 0 spiro atoms. The van der Waals surface area contributed by atoms with Crippen LogP contribution < -0.4 is 14.4 Å². The van der Waals surface area contributed by atoms with Gasteiger partial charge >= 0.3 is 0 Å². The summed E-state index contributed by atoms with van der Waals surface area (Å²) in [4.78, 5) is 17.0. The van der Waals surface area contributed by atoms with E-state index in [4.69, 9.17) is 21.1 Å². The highest BCUT2D eigenvalue weighted by Gasteiger charge is 2.24. The molecule has 6 heteroatoms. The standard InChI is InChI=1S/C20H23ClN2O3/c1-14-16(21)5-4-6-17(14)22-9-11-23(12-10-22)20(24)15-7-8-18(25-2)19(13-15)26-3/h4-8,13H,9-12H2,1-3H3. The zero-order valence-corrected chi connectivity index (χ0v) is 16.0. The van der Waals surface area contributed by atoms with E-state index >= 15 is 0 Å². The summed E-state index contributed by atoms with van der Waals surface area (Å²) in [5, 5.41) is 0.770. The summed E-state index contributed by atoms with van der Waals surface area (Å²) < 4.78 is 10.5. The van der Waals surface area contributed by atoms with Crippen LogP contribution in [0.1, 0.15) is 15.9 Å². The van der Waals surface area contributed by atoms with Crippen molar-refractivity contribution in [2.45, 2.75) is 6.92 Å². The number of rotatable bonds is 4. The molecular weight excluding hydrogens is 352 g/mol. The topological polar surface area (TPSA) is 42.0 Å². The van der Waals surface area contributed by atoms with E-state index in [1.807, 2.05) is 24.0 Å². The van der Waals surface area contributed by atoms with Gasteiger partial charge in [-0.2, -0.15) is 0 Å². The van der Waals surface area contributed by atoms with Gasteiger partial charge in [-0.3, -0.25) is 4.79 Å².